The van der Waals surface area contributed by atoms with Crippen molar-refractivity contribution in [3.63, 3.8) is 0 Å². The first-order valence-electron chi connectivity index (χ1n) is 9.23. The summed E-state index contributed by atoms with van der Waals surface area (Å²) in [4.78, 5) is 8.51. The Hall–Kier alpha value is -3.20. The van der Waals surface area contributed by atoms with Crippen molar-refractivity contribution in [3.8, 4) is 22.8 Å². The van der Waals surface area contributed by atoms with E-state index in [1.54, 1.807) is 19.5 Å². The van der Waals surface area contributed by atoms with Gasteiger partial charge in [-0.15, -0.1) is 10.2 Å². The Morgan fingerprint density at radius 1 is 1.07 bits per heavy atom. The third-order valence-corrected chi connectivity index (χ3v) is 5.12. The zero-order valence-electron chi connectivity index (χ0n) is 16.1. The van der Waals surface area contributed by atoms with Gasteiger partial charge in [0.25, 0.3) is 0 Å². The molecule has 3 aromatic heterocycles. The maximum atomic E-state index is 5.34. The molecule has 0 radical (unpaired) electrons. The first kappa shape index (κ1) is 19.1. The van der Waals surface area contributed by atoms with E-state index in [0.29, 0.717) is 11.6 Å². The number of benzene rings is 1. The largest absolute Gasteiger partial charge is 0.497 e. The summed E-state index contributed by atoms with van der Waals surface area (Å²) < 4.78 is 12.6. The molecule has 0 fully saturated rings. The third-order valence-electron chi connectivity index (χ3n) is 4.21. The number of thioether (sulfide) groups is 1. The van der Waals surface area contributed by atoms with Crippen LogP contribution in [0.15, 0.2) is 58.5 Å². The van der Waals surface area contributed by atoms with Gasteiger partial charge in [-0.2, -0.15) is 4.98 Å². The van der Waals surface area contributed by atoms with E-state index in [1.165, 1.54) is 11.8 Å². The summed E-state index contributed by atoms with van der Waals surface area (Å²) in [6.45, 7) is 2.09. The lowest BCUT2D eigenvalue weighted by atomic mass is 10.2. The molecule has 0 saturated heterocycles. The summed E-state index contributed by atoms with van der Waals surface area (Å²) in [6, 6.07) is 11.6. The lowest BCUT2D eigenvalue weighted by Crippen LogP contribution is -2.00. The molecule has 148 valence electrons. The SMILES string of the molecule is CCCc1noc(CSc2nnc(-c3ccncc3)n2-c2ccc(OC)cc2)n1. The normalized spacial score (nSPS) is 11.0. The molecule has 4 rings (SSSR count). The van der Waals surface area contributed by atoms with E-state index in [2.05, 4.69) is 32.2 Å². The van der Waals surface area contributed by atoms with Gasteiger partial charge in [0, 0.05) is 30.1 Å². The Bertz CT molecular complexity index is 1060. The van der Waals surface area contributed by atoms with Crippen LogP contribution in [0.3, 0.4) is 0 Å². The molecule has 8 nitrogen and oxygen atoms in total. The number of hydrogen-bond donors (Lipinski definition) is 0. The predicted octanol–water partition coefficient (Wildman–Crippen LogP) is 3.97. The fourth-order valence-electron chi connectivity index (χ4n) is 2.82. The topological polar surface area (TPSA) is 91.8 Å². The highest BCUT2D eigenvalue weighted by atomic mass is 32.2. The average Bonchev–Trinajstić information content (AvgIpc) is 3.40. The molecule has 1 aromatic carbocycles. The van der Waals surface area contributed by atoms with Gasteiger partial charge in [0.1, 0.15) is 5.75 Å². The predicted molar refractivity (Wildman–Crippen MR) is 109 cm³/mol. The van der Waals surface area contributed by atoms with Crippen molar-refractivity contribution >= 4 is 11.8 Å². The van der Waals surface area contributed by atoms with Crippen molar-refractivity contribution in [1.82, 2.24) is 29.9 Å². The quantitative estimate of drug-likeness (QED) is 0.405. The van der Waals surface area contributed by atoms with Crippen molar-refractivity contribution in [2.45, 2.75) is 30.7 Å². The van der Waals surface area contributed by atoms with E-state index in [-0.39, 0.29) is 0 Å². The monoisotopic (exact) mass is 408 g/mol. The highest BCUT2D eigenvalue weighted by molar-refractivity contribution is 7.98. The van der Waals surface area contributed by atoms with Crippen LogP contribution in [0.5, 0.6) is 5.75 Å². The summed E-state index contributed by atoms with van der Waals surface area (Å²) in [7, 11) is 1.65. The number of aromatic nitrogens is 6. The number of hydrogen-bond acceptors (Lipinski definition) is 8. The van der Waals surface area contributed by atoms with E-state index in [4.69, 9.17) is 9.26 Å². The molecule has 29 heavy (non-hydrogen) atoms. The van der Waals surface area contributed by atoms with Crippen LogP contribution < -0.4 is 4.74 Å². The van der Waals surface area contributed by atoms with Gasteiger partial charge in [-0.1, -0.05) is 23.8 Å². The van der Waals surface area contributed by atoms with E-state index >= 15 is 0 Å². The maximum absolute atomic E-state index is 5.34. The number of aryl methyl sites for hydroxylation is 1. The van der Waals surface area contributed by atoms with Gasteiger partial charge >= 0.3 is 0 Å². The second kappa shape index (κ2) is 8.87. The summed E-state index contributed by atoms with van der Waals surface area (Å²) in [5.74, 6) is 3.35. The Morgan fingerprint density at radius 2 is 1.86 bits per heavy atom. The number of methoxy groups -OCH3 is 1. The molecule has 0 atom stereocenters. The highest BCUT2D eigenvalue weighted by Crippen LogP contribution is 2.30. The number of rotatable bonds is 8. The molecule has 0 N–H and O–H groups in total. The molecule has 0 amide bonds. The zero-order chi connectivity index (χ0) is 20.1. The molecule has 3 heterocycles. The fraction of sp³-hybridized carbons (Fsp3) is 0.250. The molecule has 0 aliphatic carbocycles. The molecule has 0 aliphatic heterocycles. The Morgan fingerprint density at radius 3 is 2.59 bits per heavy atom. The van der Waals surface area contributed by atoms with Crippen LogP contribution in [0.25, 0.3) is 17.1 Å². The lowest BCUT2D eigenvalue weighted by Gasteiger charge is -2.10. The van der Waals surface area contributed by atoms with Gasteiger partial charge < -0.3 is 9.26 Å². The van der Waals surface area contributed by atoms with Crippen molar-refractivity contribution in [2.24, 2.45) is 0 Å². The van der Waals surface area contributed by atoms with Gasteiger partial charge in [0.2, 0.25) is 5.89 Å². The first-order chi connectivity index (χ1) is 14.3. The minimum Gasteiger partial charge on any atom is -0.497 e. The molecule has 0 bridgehead atoms. The zero-order valence-corrected chi connectivity index (χ0v) is 17.0. The second-order valence-corrected chi connectivity index (χ2v) is 7.16. The average molecular weight is 408 g/mol. The maximum Gasteiger partial charge on any atom is 0.237 e. The van der Waals surface area contributed by atoms with Crippen LogP contribution in [0, 0.1) is 0 Å². The molecular weight excluding hydrogens is 388 g/mol. The molecule has 9 heteroatoms. The van der Waals surface area contributed by atoms with Gasteiger partial charge in [-0.3, -0.25) is 9.55 Å². The van der Waals surface area contributed by atoms with Crippen LogP contribution in [0.4, 0.5) is 0 Å². The summed E-state index contributed by atoms with van der Waals surface area (Å²) >= 11 is 1.50. The van der Waals surface area contributed by atoms with E-state index in [0.717, 1.165) is 46.6 Å². The second-order valence-electron chi connectivity index (χ2n) is 6.22. The van der Waals surface area contributed by atoms with Crippen LogP contribution in [0.1, 0.15) is 25.1 Å². The van der Waals surface area contributed by atoms with E-state index in [9.17, 15) is 0 Å². The van der Waals surface area contributed by atoms with E-state index < -0.39 is 0 Å². The van der Waals surface area contributed by atoms with Gasteiger partial charge in [-0.05, 0) is 42.8 Å². The Kier molecular flexibility index (Phi) is 5.85. The van der Waals surface area contributed by atoms with Gasteiger partial charge in [0.15, 0.2) is 16.8 Å². The van der Waals surface area contributed by atoms with Crippen molar-refractivity contribution in [1.29, 1.82) is 0 Å². The first-order valence-corrected chi connectivity index (χ1v) is 10.2. The van der Waals surface area contributed by atoms with Crippen LogP contribution >= 0.6 is 11.8 Å². The Balaban J connectivity index is 1.66. The molecular formula is C20H20N6O2S. The molecule has 0 saturated carbocycles. The summed E-state index contributed by atoms with van der Waals surface area (Å²) in [6.07, 6.45) is 5.27. The molecule has 0 spiro atoms. The summed E-state index contributed by atoms with van der Waals surface area (Å²) in [5, 5.41) is 13.6. The van der Waals surface area contributed by atoms with Crippen LogP contribution in [-0.2, 0) is 12.2 Å². The minimum atomic E-state index is 0.515. The smallest absolute Gasteiger partial charge is 0.237 e. The lowest BCUT2D eigenvalue weighted by molar-refractivity contribution is 0.384. The number of pyridine rings is 1. The van der Waals surface area contributed by atoms with Crippen molar-refractivity contribution in [2.75, 3.05) is 7.11 Å². The highest BCUT2D eigenvalue weighted by Gasteiger charge is 2.17. The fourth-order valence-corrected chi connectivity index (χ4v) is 3.61. The third kappa shape index (κ3) is 4.29. The van der Waals surface area contributed by atoms with Gasteiger partial charge in [0.05, 0.1) is 12.9 Å². The van der Waals surface area contributed by atoms with Crippen molar-refractivity contribution < 1.29 is 9.26 Å². The van der Waals surface area contributed by atoms with Crippen LogP contribution in [0.2, 0.25) is 0 Å². The Labute approximate surface area is 172 Å². The molecule has 0 unspecified atom stereocenters. The number of ether oxygens (including phenoxy) is 1. The van der Waals surface area contributed by atoms with Crippen LogP contribution in [-0.4, -0.2) is 37.0 Å². The minimum absolute atomic E-state index is 0.515. The number of nitrogens with zero attached hydrogens (tertiary/aromatic N) is 6. The summed E-state index contributed by atoms with van der Waals surface area (Å²) in [5.41, 5.74) is 1.86. The van der Waals surface area contributed by atoms with Crippen molar-refractivity contribution in [3.05, 3.63) is 60.5 Å². The van der Waals surface area contributed by atoms with Gasteiger partial charge in [-0.25, -0.2) is 0 Å². The molecule has 4 aromatic rings. The van der Waals surface area contributed by atoms with E-state index in [1.807, 2.05) is 41.0 Å². The standard InChI is InChI=1S/C20H20N6O2S/c1-3-4-17-22-18(28-25-17)13-29-20-24-23-19(14-9-11-21-12-10-14)26(20)15-5-7-16(27-2)8-6-15/h5-12H,3-4,13H2,1-2H3. The molecule has 0 aliphatic rings.